The van der Waals surface area contributed by atoms with Gasteiger partial charge in [0, 0.05) is 24.3 Å². The van der Waals surface area contributed by atoms with Crippen molar-refractivity contribution in [2.75, 3.05) is 25.5 Å². The molecule has 3 rings (SSSR count). The van der Waals surface area contributed by atoms with E-state index in [0.717, 1.165) is 11.3 Å². The van der Waals surface area contributed by atoms with Gasteiger partial charge in [-0.05, 0) is 36.8 Å². The summed E-state index contributed by atoms with van der Waals surface area (Å²) in [5.41, 5.74) is 0.832. The molecule has 1 saturated heterocycles. The SMILES string of the molecule is CN1CCO[C@@](C)([C@H](Nc2ccccc2)c2cccc(Cl)c2)C1=O. The molecule has 0 bridgehead atoms. The molecule has 2 aromatic rings. The molecule has 0 saturated carbocycles. The van der Waals surface area contributed by atoms with Gasteiger partial charge in [0.25, 0.3) is 5.91 Å². The Morgan fingerprint density at radius 2 is 1.96 bits per heavy atom. The van der Waals surface area contributed by atoms with Gasteiger partial charge >= 0.3 is 0 Å². The van der Waals surface area contributed by atoms with Gasteiger partial charge in [-0.2, -0.15) is 0 Å². The Kier molecular flexibility index (Phi) is 4.78. The summed E-state index contributed by atoms with van der Waals surface area (Å²) >= 11 is 6.18. The highest BCUT2D eigenvalue weighted by Gasteiger charge is 2.47. The molecular weight excluding hydrogens is 324 g/mol. The second-order valence-corrected chi connectivity index (χ2v) is 6.62. The van der Waals surface area contributed by atoms with E-state index in [9.17, 15) is 4.79 Å². The number of ether oxygens (including phenoxy) is 1. The molecule has 5 heteroatoms. The fourth-order valence-electron chi connectivity index (χ4n) is 3.07. The van der Waals surface area contributed by atoms with Gasteiger partial charge in [-0.25, -0.2) is 0 Å². The normalized spacial score (nSPS) is 22.3. The Balaban J connectivity index is 2.02. The number of carbonyl (C=O) groups is 1. The fraction of sp³-hybridized carbons (Fsp3) is 0.316. The molecule has 1 amide bonds. The minimum absolute atomic E-state index is 0.0397. The van der Waals surface area contributed by atoms with Crippen LogP contribution < -0.4 is 5.32 Å². The lowest BCUT2D eigenvalue weighted by molar-refractivity contribution is -0.169. The van der Waals surface area contributed by atoms with E-state index in [-0.39, 0.29) is 11.9 Å². The second kappa shape index (κ2) is 6.83. The average molecular weight is 345 g/mol. The number of likely N-dealkylation sites (N-methyl/N-ethyl adjacent to an activating group) is 1. The lowest BCUT2D eigenvalue weighted by atomic mass is 9.87. The van der Waals surface area contributed by atoms with E-state index in [1.807, 2.05) is 61.5 Å². The molecule has 0 spiro atoms. The number of hydrogen-bond acceptors (Lipinski definition) is 3. The minimum Gasteiger partial charge on any atom is -0.375 e. The maximum atomic E-state index is 12.9. The van der Waals surface area contributed by atoms with Crippen LogP contribution in [0.3, 0.4) is 0 Å². The molecule has 1 heterocycles. The molecule has 0 radical (unpaired) electrons. The van der Waals surface area contributed by atoms with Crippen molar-refractivity contribution in [2.24, 2.45) is 0 Å². The van der Waals surface area contributed by atoms with Gasteiger partial charge in [0.1, 0.15) is 0 Å². The van der Waals surface area contributed by atoms with E-state index >= 15 is 0 Å². The van der Waals surface area contributed by atoms with Gasteiger partial charge in [0.05, 0.1) is 12.6 Å². The average Bonchev–Trinajstić information content (AvgIpc) is 2.58. The zero-order valence-electron chi connectivity index (χ0n) is 13.8. The molecule has 0 unspecified atom stereocenters. The van der Waals surface area contributed by atoms with Crippen LogP contribution in [0.2, 0.25) is 5.02 Å². The number of para-hydroxylation sites is 1. The van der Waals surface area contributed by atoms with Gasteiger partial charge in [-0.3, -0.25) is 4.79 Å². The number of rotatable bonds is 4. The molecule has 2 atom stereocenters. The van der Waals surface area contributed by atoms with Crippen LogP contribution in [0, 0.1) is 0 Å². The monoisotopic (exact) mass is 344 g/mol. The predicted molar refractivity (Wildman–Crippen MR) is 96.3 cm³/mol. The quantitative estimate of drug-likeness (QED) is 0.918. The van der Waals surface area contributed by atoms with Crippen molar-refractivity contribution in [3.8, 4) is 0 Å². The molecule has 1 aliphatic heterocycles. The summed E-state index contributed by atoms with van der Waals surface area (Å²) in [6.07, 6.45) is 0. The number of morpholine rings is 1. The van der Waals surface area contributed by atoms with E-state index in [2.05, 4.69) is 5.32 Å². The molecule has 1 N–H and O–H groups in total. The van der Waals surface area contributed by atoms with Crippen molar-refractivity contribution in [3.63, 3.8) is 0 Å². The highest BCUT2D eigenvalue weighted by molar-refractivity contribution is 6.30. The molecule has 2 aromatic carbocycles. The maximum Gasteiger partial charge on any atom is 0.256 e. The number of hydrogen-bond donors (Lipinski definition) is 1. The Morgan fingerprint density at radius 3 is 2.67 bits per heavy atom. The topological polar surface area (TPSA) is 41.6 Å². The Hall–Kier alpha value is -2.04. The highest BCUT2D eigenvalue weighted by atomic mass is 35.5. The number of anilines is 1. The van der Waals surface area contributed by atoms with Crippen molar-refractivity contribution in [3.05, 3.63) is 65.2 Å². The lowest BCUT2D eigenvalue weighted by Crippen LogP contribution is -2.58. The van der Waals surface area contributed by atoms with Crippen LogP contribution in [0.25, 0.3) is 0 Å². The summed E-state index contributed by atoms with van der Waals surface area (Å²) < 4.78 is 5.98. The number of amides is 1. The first kappa shape index (κ1) is 16.8. The fourth-order valence-corrected chi connectivity index (χ4v) is 3.27. The molecular formula is C19H21ClN2O2. The Morgan fingerprint density at radius 1 is 1.21 bits per heavy atom. The second-order valence-electron chi connectivity index (χ2n) is 6.18. The molecule has 4 nitrogen and oxygen atoms in total. The van der Waals surface area contributed by atoms with Crippen molar-refractivity contribution in [2.45, 2.75) is 18.6 Å². The Bertz CT molecular complexity index is 722. The smallest absolute Gasteiger partial charge is 0.256 e. The van der Waals surface area contributed by atoms with Crippen LogP contribution in [-0.4, -0.2) is 36.6 Å². The van der Waals surface area contributed by atoms with Crippen molar-refractivity contribution in [1.82, 2.24) is 4.90 Å². The summed E-state index contributed by atoms with van der Waals surface area (Å²) in [5.74, 6) is -0.0397. The van der Waals surface area contributed by atoms with Crippen LogP contribution in [0.15, 0.2) is 54.6 Å². The maximum absolute atomic E-state index is 12.9. The van der Waals surface area contributed by atoms with Crippen LogP contribution in [-0.2, 0) is 9.53 Å². The van der Waals surface area contributed by atoms with E-state index in [1.54, 1.807) is 11.9 Å². The zero-order valence-corrected chi connectivity index (χ0v) is 14.6. The third kappa shape index (κ3) is 3.25. The third-order valence-corrected chi connectivity index (χ3v) is 4.65. The van der Waals surface area contributed by atoms with Crippen LogP contribution in [0.4, 0.5) is 5.69 Å². The molecule has 0 aliphatic carbocycles. The van der Waals surface area contributed by atoms with Gasteiger partial charge in [0.15, 0.2) is 5.60 Å². The minimum atomic E-state index is -1.01. The zero-order chi connectivity index (χ0) is 17.2. The van der Waals surface area contributed by atoms with Crippen LogP contribution >= 0.6 is 11.6 Å². The van der Waals surface area contributed by atoms with Crippen LogP contribution in [0.1, 0.15) is 18.5 Å². The molecule has 126 valence electrons. The van der Waals surface area contributed by atoms with Crippen molar-refractivity contribution >= 4 is 23.2 Å². The predicted octanol–water partition coefficient (Wildman–Crippen LogP) is 3.74. The number of benzene rings is 2. The number of halogens is 1. The molecule has 1 aliphatic rings. The standard InChI is InChI=1S/C19H21ClN2O2/c1-19(18(23)22(2)11-12-24-19)17(14-7-6-8-15(20)13-14)21-16-9-4-3-5-10-16/h3-10,13,17,21H,11-12H2,1-2H3/t17-,19+/m1/s1. The van der Waals surface area contributed by atoms with Gasteiger partial charge in [0.2, 0.25) is 0 Å². The summed E-state index contributed by atoms with van der Waals surface area (Å²) in [4.78, 5) is 14.6. The molecule has 0 aromatic heterocycles. The first-order chi connectivity index (χ1) is 11.5. The summed E-state index contributed by atoms with van der Waals surface area (Å²) in [7, 11) is 1.81. The van der Waals surface area contributed by atoms with Gasteiger partial charge in [-0.15, -0.1) is 0 Å². The number of nitrogens with zero attached hydrogens (tertiary/aromatic N) is 1. The number of carbonyl (C=O) groups excluding carboxylic acids is 1. The van der Waals surface area contributed by atoms with E-state index in [4.69, 9.17) is 16.3 Å². The Labute approximate surface area is 147 Å². The van der Waals surface area contributed by atoms with E-state index < -0.39 is 5.60 Å². The van der Waals surface area contributed by atoms with Gasteiger partial charge < -0.3 is 15.0 Å². The van der Waals surface area contributed by atoms with Gasteiger partial charge in [-0.1, -0.05) is 41.9 Å². The molecule has 24 heavy (non-hydrogen) atoms. The van der Waals surface area contributed by atoms with Crippen molar-refractivity contribution in [1.29, 1.82) is 0 Å². The van der Waals surface area contributed by atoms with Crippen LogP contribution in [0.5, 0.6) is 0 Å². The first-order valence-electron chi connectivity index (χ1n) is 7.97. The lowest BCUT2D eigenvalue weighted by Gasteiger charge is -2.43. The summed E-state index contributed by atoms with van der Waals surface area (Å²) in [5, 5.41) is 4.08. The summed E-state index contributed by atoms with van der Waals surface area (Å²) in [6, 6.07) is 17.0. The molecule has 1 fully saturated rings. The largest absolute Gasteiger partial charge is 0.375 e. The summed E-state index contributed by atoms with van der Waals surface area (Å²) in [6.45, 7) is 2.95. The first-order valence-corrected chi connectivity index (χ1v) is 8.35. The third-order valence-electron chi connectivity index (χ3n) is 4.42. The number of nitrogens with one attached hydrogen (secondary N) is 1. The van der Waals surface area contributed by atoms with Crippen molar-refractivity contribution < 1.29 is 9.53 Å². The van der Waals surface area contributed by atoms with E-state index in [0.29, 0.717) is 18.2 Å². The van der Waals surface area contributed by atoms with E-state index in [1.165, 1.54) is 0 Å². The highest BCUT2D eigenvalue weighted by Crippen LogP contribution is 2.36.